The van der Waals surface area contributed by atoms with Crippen molar-refractivity contribution in [2.75, 3.05) is 13.6 Å². The Morgan fingerprint density at radius 2 is 2.19 bits per heavy atom. The molecule has 1 heterocycles. The Labute approximate surface area is 103 Å². The van der Waals surface area contributed by atoms with Crippen LogP contribution in [-0.4, -0.2) is 35.1 Å². The van der Waals surface area contributed by atoms with Crippen molar-refractivity contribution < 1.29 is 14.3 Å². The van der Waals surface area contributed by atoms with Gasteiger partial charge in [0, 0.05) is 19.2 Å². The Hall–Kier alpha value is -0.810. The van der Waals surface area contributed by atoms with E-state index in [-0.39, 0.29) is 12.5 Å². The SMILES string of the molecule is Cc1cc(Br)oc1C(=O)N(C)CC(C)(C)O. The molecule has 1 aromatic rings. The van der Waals surface area contributed by atoms with Gasteiger partial charge >= 0.3 is 0 Å². The van der Waals surface area contributed by atoms with Crippen LogP contribution in [0, 0.1) is 6.92 Å². The molecule has 0 atom stereocenters. The van der Waals surface area contributed by atoms with E-state index in [1.54, 1.807) is 33.9 Å². The van der Waals surface area contributed by atoms with Gasteiger partial charge in [0.05, 0.1) is 5.60 Å². The highest BCUT2D eigenvalue weighted by Gasteiger charge is 2.23. The van der Waals surface area contributed by atoms with Gasteiger partial charge in [0.15, 0.2) is 10.4 Å². The van der Waals surface area contributed by atoms with Gasteiger partial charge < -0.3 is 14.4 Å². The number of furan rings is 1. The molecule has 0 bridgehead atoms. The van der Waals surface area contributed by atoms with Gasteiger partial charge in [-0.15, -0.1) is 0 Å². The fourth-order valence-corrected chi connectivity index (χ4v) is 1.99. The fraction of sp³-hybridized carbons (Fsp3) is 0.545. The van der Waals surface area contributed by atoms with Crippen molar-refractivity contribution in [3.8, 4) is 0 Å². The van der Waals surface area contributed by atoms with Gasteiger partial charge in [-0.2, -0.15) is 0 Å². The van der Waals surface area contributed by atoms with E-state index in [1.165, 1.54) is 4.90 Å². The van der Waals surface area contributed by atoms with Crippen LogP contribution in [0.5, 0.6) is 0 Å². The molecule has 90 valence electrons. The molecule has 1 rings (SSSR count). The lowest BCUT2D eigenvalue weighted by molar-refractivity contribution is 0.0350. The molecule has 0 aliphatic carbocycles. The third-order valence-electron chi connectivity index (χ3n) is 2.05. The summed E-state index contributed by atoms with van der Waals surface area (Å²) in [6.45, 7) is 5.37. The molecule has 0 saturated carbocycles. The van der Waals surface area contributed by atoms with Gasteiger partial charge in [0.25, 0.3) is 5.91 Å². The zero-order valence-corrected chi connectivity index (χ0v) is 11.5. The highest BCUT2D eigenvalue weighted by atomic mass is 79.9. The first-order chi connectivity index (χ1) is 7.20. The van der Waals surface area contributed by atoms with E-state index in [0.29, 0.717) is 10.4 Å². The fourth-order valence-electron chi connectivity index (χ4n) is 1.48. The van der Waals surface area contributed by atoms with Crippen LogP contribution in [0.2, 0.25) is 0 Å². The smallest absolute Gasteiger partial charge is 0.289 e. The van der Waals surface area contributed by atoms with Gasteiger partial charge in [-0.1, -0.05) is 0 Å². The Bertz CT molecular complexity index is 392. The number of rotatable bonds is 3. The van der Waals surface area contributed by atoms with Gasteiger partial charge in [-0.05, 0) is 42.8 Å². The molecular weight excluding hydrogens is 274 g/mol. The predicted octanol–water partition coefficient (Wildman–Crippen LogP) is 2.19. The second-order valence-corrected chi connectivity index (χ2v) is 5.32. The molecule has 0 fully saturated rings. The molecule has 0 unspecified atom stereocenters. The summed E-state index contributed by atoms with van der Waals surface area (Å²) < 4.78 is 5.79. The minimum absolute atomic E-state index is 0.231. The van der Waals surface area contributed by atoms with Gasteiger partial charge in [0.2, 0.25) is 0 Å². The molecule has 0 spiro atoms. The molecule has 0 aliphatic heterocycles. The maximum absolute atomic E-state index is 12.0. The lowest BCUT2D eigenvalue weighted by Gasteiger charge is -2.24. The summed E-state index contributed by atoms with van der Waals surface area (Å²) in [5.74, 6) is 0.0731. The quantitative estimate of drug-likeness (QED) is 0.928. The summed E-state index contributed by atoms with van der Waals surface area (Å²) in [6, 6.07) is 1.74. The van der Waals surface area contributed by atoms with Crippen LogP contribution in [0.25, 0.3) is 0 Å². The Morgan fingerprint density at radius 3 is 2.56 bits per heavy atom. The normalized spacial score (nSPS) is 11.6. The zero-order chi connectivity index (χ0) is 12.5. The van der Waals surface area contributed by atoms with Crippen LogP contribution in [-0.2, 0) is 0 Å². The van der Waals surface area contributed by atoms with E-state index in [4.69, 9.17) is 4.42 Å². The van der Waals surface area contributed by atoms with E-state index in [1.807, 2.05) is 0 Å². The molecule has 0 radical (unpaired) electrons. The monoisotopic (exact) mass is 289 g/mol. The van der Waals surface area contributed by atoms with E-state index in [2.05, 4.69) is 15.9 Å². The first kappa shape index (κ1) is 13.3. The number of hydrogen-bond donors (Lipinski definition) is 1. The largest absolute Gasteiger partial charge is 0.444 e. The molecule has 0 aliphatic rings. The van der Waals surface area contributed by atoms with Crippen LogP contribution in [0.3, 0.4) is 0 Å². The van der Waals surface area contributed by atoms with Crippen molar-refractivity contribution in [2.45, 2.75) is 26.4 Å². The Balaban J connectivity index is 2.82. The van der Waals surface area contributed by atoms with E-state index >= 15 is 0 Å². The first-order valence-electron chi connectivity index (χ1n) is 4.94. The maximum atomic E-state index is 12.0. The van der Waals surface area contributed by atoms with E-state index < -0.39 is 5.60 Å². The molecule has 0 saturated heterocycles. The molecule has 4 nitrogen and oxygen atoms in total. The lowest BCUT2D eigenvalue weighted by atomic mass is 10.1. The summed E-state index contributed by atoms with van der Waals surface area (Å²) >= 11 is 3.18. The van der Waals surface area contributed by atoms with Crippen molar-refractivity contribution >= 4 is 21.8 Å². The van der Waals surface area contributed by atoms with Gasteiger partial charge in [0.1, 0.15) is 0 Å². The van der Waals surface area contributed by atoms with Crippen LogP contribution >= 0.6 is 15.9 Å². The van der Waals surface area contributed by atoms with Crippen molar-refractivity contribution in [1.29, 1.82) is 0 Å². The van der Waals surface area contributed by atoms with Crippen molar-refractivity contribution in [1.82, 2.24) is 4.90 Å². The van der Waals surface area contributed by atoms with Crippen LogP contribution in [0.15, 0.2) is 15.2 Å². The zero-order valence-electron chi connectivity index (χ0n) is 9.87. The summed E-state index contributed by atoms with van der Waals surface area (Å²) in [6.07, 6.45) is 0. The summed E-state index contributed by atoms with van der Waals surface area (Å²) in [4.78, 5) is 13.4. The number of likely N-dealkylation sites (N-methyl/N-ethyl adjacent to an activating group) is 1. The standard InChI is InChI=1S/C11H16BrNO3/c1-7-5-8(12)16-9(7)10(14)13(4)6-11(2,3)15/h5,15H,6H2,1-4H3. The number of carbonyl (C=O) groups excluding carboxylic acids is 1. The highest BCUT2D eigenvalue weighted by Crippen LogP contribution is 2.21. The van der Waals surface area contributed by atoms with Crippen LogP contribution in [0.1, 0.15) is 30.0 Å². The molecule has 1 N–H and O–H groups in total. The second-order valence-electron chi connectivity index (χ2n) is 4.54. The molecule has 1 aromatic heterocycles. The summed E-state index contributed by atoms with van der Waals surface area (Å²) in [7, 11) is 1.64. The molecule has 1 amide bonds. The third-order valence-corrected chi connectivity index (χ3v) is 2.44. The first-order valence-corrected chi connectivity index (χ1v) is 5.74. The Kier molecular flexibility index (Phi) is 3.80. The van der Waals surface area contributed by atoms with Crippen molar-refractivity contribution in [3.63, 3.8) is 0 Å². The van der Waals surface area contributed by atoms with Crippen LogP contribution < -0.4 is 0 Å². The number of aliphatic hydroxyl groups is 1. The molecule has 16 heavy (non-hydrogen) atoms. The Morgan fingerprint density at radius 1 is 1.62 bits per heavy atom. The summed E-state index contributed by atoms with van der Waals surface area (Å²) in [5.41, 5.74) is -0.137. The average molecular weight is 290 g/mol. The maximum Gasteiger partial charge on any atom is 0.289 e. The molecular formula is C11H16BrNO3. The van der Waals surface area contributed by atoms with Gasteiger partial charge in [-0.25, -0.2) is 0 Å². The van der Waals surface area contributed by atoms with Crippen LogP contribution in [0.4, 0.5) is 0 Å². The number of halogens is 1. The van der Waals surface area contributed by atoms with E-state index in [9.17, 15) is 9.90 Å². The number of hydrogen-bond acceptors (Lipinski definition) is 3. The van der Waals surface area contributed by atoms with Crippen molar-refractivity contribution in [3.05, 3.63) is 22.1 Å². The lowest BCUT2D eigenvalue weighted by Crippen LogP contribution is -2.39. The highest BCUT2D eigenvalue weighted by molar-refractivity contribution is 9.10. The predicted molar refractivity (Wildman–Crippen MR) is 64.4 cm³/mol. The number of amides is 1. The number of nitrogens with zero attached hydrogens (tertiary/aromatic N) is 1. The molecule has 5 heteroatoms. The topological polar surface area (TPSA) is 53.7 Å². The minimum Gasteiger partial charge on any atom is -0.444 e. The second kappa shape index (κ2) is 4.59. The number of aryl methyl sites for hydroxylation is 1. The van der Waals surface area contributed by atoms with E-state index in [0.717, 1.165) is 5.56 Å². The van der Waals surface area contributed by atoms with Crippen molar-refractivity contribution in [2.24, 2.45) is 0 Å². The minimum atomic E-state index is -0.915. The number of carbonyl (C=O) groups is 1. The molecule has 0 aromatic carbocycles. The van der Waals surface area contributed by atoms with Gasteiger partial charge in [-0.3, -0.25) is 4.79 Å². The third kappa shape index (κ3) is 3.35. The summed E-state index contributed by atoms with van der Waals surface area (Å²) in [5, 5.41) is 9.62. The average Bonchev–Trinajstić information content (AvgIpc) is 2.41.